The number of furan rings is 1. The van der Waals surface area contributed by atoms with Crippen LogP contribution in [0.2, 0.25) is 0 Å². The van der Waals surface area contributed by atoms with E-state index in [9.17, 15) is 19.2 Å². The van der Waals surface area contributed by atoms with Gasteiger partial charge in [-0.25, -0.2) is 0 Å². The van der Waals surface area contributed by atoms with E-state index in [2.05, 4.69) is 10.6 Å². The highest BCUT2D eigenvalue weighted by Crippen LogP contribution is 2.31. The lowest BCUT2D eigenvalue weighted by atomic mass is 9.94. The summed E-state index contributed by atoms with van der Waals surface area (Å²) in [5.41, 5.74) is 0. The maximum atomic E-state index is 13.9. The molecule has 4 amide bonds. The second-order valence-corrected chi connectivity index (χ2v) is 11.9. The van der Waals surface area contributed by atoms with Crippen LogP contribution in [0.15, 0.2) is 22.8 Å². The second kappa shape index (κ2) is 12.3. The summed E-state index contributed by atoms with van der Waals surface area (Å²) in [4.78, 5) is 59.2. The Balaban J connectivity index is 1.68. The van der Waals surface area contributed by atoms with Crippen LogP contribution < -0.4 is 10.6 Å². The van der Waals surface area contributed by atoms with Crippen LogP contribution in [-0.4, -0.2) is 89.3 Å². The zero-order chi connectivity index (χ0) is 27.4. The Labute approximate surface area is 225 Å². The first-order valence-electron chi connectivity index (χ1n) is 14.1. The van der Waals surface area contributed by atoms with Crippen molar-refractivity contribution in [3.05, 3.63) is 24.2 Å². The molecular formula is C28H43N5O5. The number of piperidine rings is 1. The zero-order valence-electron chi connectivity index (χ0n) is 23.2. The Hall–Kier alpha value is -2.88. The van der Waals surface area contributed by atoms with Crippen LogP contribution in [0, 0.1) is 17.8 Å². The molecule has 0 aliphatic carbocycles. The van der Waals surface area contributed by atoms with E-state index in [1.165, 1.54) is 6.26 Å². The van der Waals surface area contributed by atoms with Gasteiger partial charge in [-0.05, 0) is 62.2 Å². The maximum Gasteiger partial charge on any atom is 0.291 e. The molecule has 1 unspecified atom stereocenters. The molecule has 4 heterocycles. The van der Waals surface area contributed by atoms with Crippen LogP contribution in [-0.2, 0) is 14.4 Å². The van der Waals surface area contributed by atoms with Crippen LogP contribution in [0.4, 0.5) is 0 Å². The molecule has 0 bridgehead atoms. The summed E-state index contributed by atoms with van der Waals surface area (Å²) in [6.07, 6.45) is 3.69. The summed E-state index contributed by atoms with van der Waals surface area (Å²) >= 11 is 0. The number of rotatable bonds is 8. The van der Waals surface area contributed by atoms with Crippen molar-refractivity contribution in [2.45, 2.75) is 78.0 Å². The van der Waals surface area contributed by atoms with Gasteiger partial charge in [-0.3, -0.25) is 19.2 Å². The molecule has 3 saturated heterocycles. The molecule has 4 rings (SSSR count). The van der Waals surface area contributed by atoms with Gasteiger partial charge in [0, 0.05) is 25.9 Å². The molecule has 38 heavy (non-hydrogen) atoms. The fraction of sp³-hybridized carbons (Fsp3) is 0.714. The van der Waals surface area contributed by atoms with E-state index < -0.39 is 18.2 Å². The van der Waals surface area contributed by atoms with Gasteiger partial charge in [0.2, 0.25) is 17.7 Å². The summed E-state index contributed by atoms with van der Waals surface area (Å²) in [7, 11) is 0. The fourth-order valence-corrected chi connectivity index (χ4v) is 5.96. The Morgan fingerprint density at radius 3 is 2.47 bits per heavy atom. The summed E-state index contributed by atoms with van der Waals surface area (Å²) < 4.78 is 5.46. The third kappa shape index (κ3) is 6.57. The van der Waals surface area contributed by atoms with Crippen molar-refractivity contribution in [2.75, 3.05) is 32.7 Å². The van der Waals surface area contributed by atoms with Gasteiger partial charge in [-0.1, -0.05) is 27.7 Å². The Morgan fingerprint density at radius 2 is 1.84 bits per heavy atom. The minimum atomic E-state index is -0.653. The van der Waals surface area contributed by atoms with Crippen molar-refractivity contribution >= 4 is 23.6 Å². The minimum absolute atomic E-state index is 0.0401. The van der Waals surface area contributed by atoms with Gasteiger partial charge < -0.3 is 29.8 Å². The average Bonchev–Trinajstić information content (AvgIpc) is 3.35. The molecule has 2 N–H and O–H groups in total. The predicted molar refractivity (Wildman–Crippen MR) is 142 cm³/mol. The van der Waals surface area contributed by atoms with Crippen molar-refractivity contribution in [3.8, 4) is 0 Å². The normalized spacial score (nSPS) is 25.1. The van der Waals surface area contributed by atoms with Crippen molar-refractivity contribution in [2.24, 2.45) is 17.8 Å². The monoisotopic (exact) mass is 529 g/mol. The molecule has 0 saturated carbocycles. The predicted octanol–water partition coefficient (Wildman–Crippen LogP) is 2.07. The van der Waals surface area contributed by atoms with E-state index in [4.69, 9.17) is 4.42 Å². The number of piperazine rings is 1. The third-order valence-electron chi connectivity index (χ3n) is 7.71. The highest BCUT2D eigenvalue weighted by molar-refractivity contribution is 5.94. The topological polar surface area (TPSA) is 115 Å². The van der Waals surface area contributed by atoms with Crippen LogP contribution >= 0.6 is 0 Å². The summed E-state index contributed by atoms with van der Waals surface area (Å²) in [5, 5.41) is 6.36. The van der Waals surface area contributed by atoms with E-state index in [-0.39, 0.29) is 60.7 Å². The molecule has 0 spiro atoms. The standard InChI is InChI=1S/C28H43N5O5/c1-18(2)12-22-27(36)31(15-20-7-9-29-10-8-20)17-25-32(28(37)23-6-5-11-38-23)16-21(14-26(35)33(22)25)30-24(34)13-19(3)4/h5-6,11,18-22,25,29H,7-10,12-17H2,1-4H3,(H,30,34)/t21-,22+,25?/m0/s1. The highest BCUT2D eigenvalue weighted by atomic mass is 16.3. The minimum Gasteiger partial charge on any atom is -0.459 e. The molecule has 210 valence electrons. The van der Waals surface area contributed by atoms with E-state index in [0.29, 0.717) is 25.3 Å². The molecule has 3 aliphatic rings. The quantitative estimate of drug-likeness (QED) is 0.533. The van der Waals surface area contributed by atoms with Crippen LogP contribution in [0.3, 0.4) is 0 Å². The van der Waals surface area contributed by atoms with Crippen molar-refractivity contribution in [1.29, 1.82) is 0 Å². The molecule has 1 aromatic rings. The molecule has 10 nitrogen and oxygen atoms in total. The van der Waals surface area contributed by atoms with Gasteiger partial charge in [0.25, 0.3) is 5.91 Å². The largest absolute Gasteiger partial charge is 0.459 e. The molecule has 3 aliphatic heterocycles. The lowest BCUT2D eigenvalue weighted by Gasteiger charge is -2.49. The van der Waals surface area contributed by atoms with E-state index in [1.807, 2.05) is 32.6 Å². The molecule has 3 fully saturated rings. The van der Waals surface area contributed by atoms with E-state index in [1.54, 1.807) is 21.9 Å². The summed E-state index contributed by atoms with van der Waals surface area (Å²) in [5.74, 6) is 0.150. The van der Waals surface area contributed by atoms with Gasteiger partial charge >= 0.3 is 0 Å². The molecule has 1 aromatic heterocycles. The molecule has 10 heteroatoms. The van der Waals surface area contributed by atoms with Gasteiger partial charge in [-0.15, -0.1) is 0 Å². The van der Waals surface area contributed by atoms with Gasteiger partial charge in [-0.2, -0.15) is 0 Å². The number of hydrogen-bond donors (Lipinski definition) is 2. The first-order valence-corrected chi connectivity index (χ1v) is 14.1. The first-order chi connectivity index (χ1) is 18.1. The first kappa shape index (κ1) is 28.1. The van der Waals surface area contributed by atoms with E-state index >= 15 is 0 Å². The fourth-order valence-electron chi connectivity index (χ4n) is 5.96. The number of nitrogens with one attached hydrogen (secondary N) is 2. The number of nitrogens with zero attached hydrogens (tertiary/aromatic N) is 3. The SMILES string of the molecule is CC(C)CC(=O)N[C@H]1CC(=O)N2C(CN(CC3CCNCC3)C(=O)[C@H]2CC(C)C)N(C(=O)c2ccco2)C1. The number of amides is 4. The maximum absolute atomic E-state index is 13.9. The van der Waals surface area contributed by atoms with Crippen LogP contribution in [0.25, 0.3) is 0 Å². The lowest BCUT2D eigenvalue weighted by molar-refractivity contribution is -0.162. The Bertz CT molecular complexity index is 988. The number of carbonyl (C=O) groups is 4. The molecule has 0 radical (unpaired) electrons. The van der Waals surface area contributed by atoms with Gasteiger partial charge in [0.05, 0.1) is 18.8 Å². The zero-order valence-corrected chi connectivity index (χ0v) is 23.2. The van der Waals surface area contributed by atoms with E-state index in [0.717, 1.165) is 25.9 Å². The van der Waals surface area contributed by atoms with Crippen molar-refractivity contribution < 1.29 is 23.6 Å². The highest BCUT2D eigenvalue weighted by Gasteiger charge is 2.49. The molecular weight excluding hydrogens is 486 g/mol. The number of fused-ring (bicyclic) bond motifs is 1. The number of carbonyl (C=O) groups excluding carboxylic acids is 4. The Morgan fingerprint density at radius 1 is 1.11 bits per heavy atom. The Kier molecular flexibility index (Phi) is 9.12. The van der Waals surface area contributed by atoms with Gasteiger partial charge in [0.1, 0.15) is 12.2 Å². The third-order valence-corrected chi connectivity index (χ3v) is 7.71. The lowest BCUT2D eigenvalue weighted by Crippen LogP contribution is -2.68. The second-order valence-electron chi connectivity index (χ2n) is 11.9. The van der Waals surface area contributed by atoms with Crippen LogP contribution in [0.5, 0.6) is 0 Å². The van der Waals surface area contributed by atoms with Crippen molar-refractivity contribution in [1.82, 2.24) is 25.3 Å². The van der Waals surface area contributed by atoms with Gasteiger partial charge in [0.15, 0.2) is 5.76 Å². The smallest absolute Gasteiger partial charge is 0.291 e. The molecule has 0 aromatic carbocycles. The molecule has 3 atom stereocenters. The summed E-state index contributed by atoms with van der Waals surface area (Å²) in [6.45, 7) is 10.9. The van der Waals surface area contributed by atoms with Crippen LogP contribution in [0.1, 0.15) is 70.4 Å². The summed E-state index contributed by atoms with van der Waals surface area (Å²) in [6, 6.07) is 2.06. The van der Waals surface area contributed by atoms with Crippen molar-refractivity contribution in [3.63, 3.8) is 0 Å². The number of hydrogen-bond acceptors (Lipinski definition) is 6. The average molecular weight is 530 g/mol.